The van der Waals surface area contributed by atoms with E-state index in [-0.39, 0.29) is 7.43 Å². The van der Waals surface area contributed by atoms with E-state index in [4.69, 9.17) is 5.11 Å². The summed E-state index contributed by atoms with van der Waals surface area (Å²) in [5.74, 6) is 0. The van der Waals surface area contributed by atoms with Gasteiger partial charge in [-0.3, -0.25) is 0 Å². The molecule has 0 amide bonds. The topological polar surface area (TPSA) is 23.5 Å². The zero-order valence-corrected chi connectivity index (χ0v) is 5.84. The van der Waals surface area contributed by atoms with Gasteiger partial charge < -0.3 is 10.0 Å². The van der Waals surface area contributed by atoms with Crippen molar-refractivity contribution in [2.45, 2.75) is 26.7 Å². The van der Waals surface area contributed by atoms with Gasteiger partial charge in [-0.2, -0.15) is 0 Å². The molecule has 0 unspecified atom stereocenters. The largest absolute Gasteiger partial charge is 0.395 e. The highest BCUT2D eigenvalue weighted by Crippen LogP contribution is 2.06. The van der Waals surface area contributed by atoms with Gasteiger partial charge in [-0.15, -0.1) is 0 Å². The Balaban J connectivity index is 0.000000810. The van der Waals surface area contributed by atoms with Crippen LogP contribution < -0.4 is 0 Å². The monoisotopic (exact) mass is 145 g/mol. The van der Waals surface area contributed by atoms with Crippen LogP contribution in [0.4, 0.5) is 0 Å². The van der Waals surface area contributed by atoms with Gasteiger partial charge >= 0.3 is 0 Å². The molecule has 1 fully saturated rings. The van der Waals surface area contributed by atoms with E-state index in [1.54, 1.807) is 0 Å². The summed E-state index contributed by atoms with van der Waals surface area (Å²) in [5, 5.41) is 8.58. The minimum absolute atomic E-state index is 0. The van der Waals surface area contributed by atoms with Gasteiger partial charge in [-0.1, -0.05) is 13.8 Å². The minimum Gasteiger partial charge on any atom is -0.395 e. The smallest absolute Gasteiger partial charge is 0.0558 e. The SMILES string of the molecule is C.OCCN1CCCCC1. The number of aliphatic hydroxyl groups excluding tert-OH is 1. The lowest BCUT2D eigenvalue weighted by Gasteiger charge is -2.25. The Hall–Kier alpha value is -0.0800. The van der Waals surface area contributed by atoms with Crippen LogP contribution in [0.1, 0.15) is 26.7 Å². The van der Waals surface area contributed by atoms with Crippen molar-refractivity contribution < 1.29 is 5.11 Å². The van der Waals surface area contributed by atoms with Gasteiger partial charge in [0.05, 0.1) is 6.61 Å². The van der Waals surface area contributed by atoms with Crippen LogP contribution in [0.25, 0.3) is 0 Å². The molecule has 2 heteroatoms. The molecule has 0 atom stereocenters. The Morgan fingerprint density at radius 3 is 2.20 bits per heavy atom. The average molecular weight is 145 g/mol. The van der Waals surface area contributed by atoms with E-state index >= 15 is 0 Å². The second kappa shape index (κ2) is 5.69. The van der Waals surface area contributed by atoms with E-state index < -0.39 is 0 Å². The highest BCUT2D eigenvalue weighted by molar-refractivity contribution is 4.62. The molecular weight excluding hydrogens is 126 g/mol. The molecule has 0 radical (unpaired) electrons. The van der Waals surface area contributed by atoms with Crippen molar-refractivity contribution in [3.8, 4) is 0 Å². The number of rotatable bonds is 2. The quantitative estimate of drug-likeness (QED) is 0.629. The summed E-state index contributed by atoms with van der Waals surface area (Å²) < 4.78 is 0. The molecule has 0 saturated carbocycles. The molecule has 1 aliphatic heterocycles. The zero-order chi connectivity index (χ0) is 6.53. The van der Waals surface area contributed by atoms with Crippen molar-refractivity contribution in [1.82, 2.24) is 4.90 Å². The molecule has 62 valence electrons. The van der Waals surface area contributed by atoms with Crippen LogP contribution in [0.2, 0.25) is 0 Å². The first-order chi connectivity index (χ1) is 4.43. The number of hydrogen-bond donors (Lipinski definition) is 1. The van der Waals surface area contributed by atoms with E-state index in [9.17, 15) is 0 Å². The number of aliphatic hydroxyl groups is 1. The minimum atomic E-state index is 0. The fourth-order valence-corrected chi connectivity index (χ4v) is 1.32. The molecule has 0 aromatic carbocycles. The number of nitrogens with zero attached hydrogens (tertiary/aromatic N) is 1. The molecule has 10 heavy (non-hydrogen) atoms. The first-order valence-corrected chi connectivity index (χ1v) is 3.76. The lowest BCUT2D eigenvalue weighted by atomic mass is 10.1. The summed E-state index contributed by atoms with van der Waals surface area (Å²) in [6, 6.07) is 0. The number of β-amino-alcohol motifs (C(OH)–C–C–N with tert-alkyl or cyclic N) is 1. The Kier molecular flexibility index (Phi) is 5.64. The normalized spacial score (nSPS) is 20.1. The maximum absolute atomic E-state index is 8.58. The van der Waals surface area contributed by atoms with E-state index in [2.05, 4.69) is 4.90 Å². The van der Waals surface area contributed by atoms with Crippen molar-refractivity contribution in [3.63, 3.8) is 0 Å². The van der Waals surface area contributed by atoms with Crippen LogP contribution >= 0.6 is 0 Å². The third kappa shape index (κ3) is 3.18. The predicted molar refractivity (Wildman–Crippen MR) is 44.1 cm³/mol. The third-order valence-corrected chi connectivity index (χ3v) is 1.86. The lowest BCUT2D eigenvalue weighted by molar-refractivity contribution is 0.173. The molecule has 0 aromatic heterocycles. The lowest BCUT2D eigenvalue weighted by Crippen LogP contribution is -2.31. The van der Waals surface area contributed by atoms with Crippen molar-refractivity contribution in [3.05, 3.63) is 0 Å². The first kappa shape index (κ1) is 9.92. The summed E-state index contributed by atoms with van der Waals surface area (Å²) in [5.41, 5.74) is 0. The standard InChI is InChI=1S/C7H15NO.CH4/c9-7-6-8-4-2-1-3-5-8;/h9H,1-7H2;1H4. The predicted octanol–water partition coefficient (Wildman–Crippen LogP) is 1.10. The van der Waals surface area contributed by atoms with Crippen LogP contribution in [-0.4, -0.2) is 36.2 Å². The molecule has 1 rings (SSSR count). The van der Waals surface area contributed by atoms with Gasteiger partial charge in [0, 0.05) is 6.54 Å². The Labute approximate surface area is 63.8 Å². The summed E-state index contributed by atoms with van der Waals surface area (Å²) in [6.07, 6.45) is 4.02. The van der Waals surface area contributed by atoms with Gasteiger partial charge in [0.15, 0.2) is 0 Å². The van der Waals surface area contributed by atoms with Crippen molar-refractivity contribution in [2.75, 3.05) is 26.2 Å². The first-order valence-electron chi connectivity index (χ1n) is 3.76. The summed E-state index contributed by atoms with van der Waals surface area (Å²) in [4.78, 5) is 2.32. The van der Waals surface area contributed by atoms with Crippen LogP contribution in [-0.2, 0) is 0 Å². The van der Waals surface area contributed by atoms with Gasteiger partial charge in [-0.05, 0) is 25.9 Å². The number of hydrogen-bond acceptors (Lipinski definition) is 2. The van der Waals surface area contributed by atoms with Gasteiger partial charge in [0.25, 0.3) is 0 Å². The zero-order valence-electron chi connectivity index (χ0n) is 5.84. The molecule has 1 aliphatic rings. The Bertz CT molecular complexity index is 66.9. The van der Waals surface area contributed by atoms with Gasteiger partial charge in [0.1, 0.15) is 0 Å². The van der Waals surface area contributed by atoms with Crippen LogP contribution in [0.5, 0.6) is 0 Å². The molecule has 0 aliphatic carbocycles. The maximum atomic E-state index is 8.58. The van der Waals surface area contributed by atoms with Crippen molar-refractivity contribution >= 4 is 0 Å². The maximum Gasteiger partial charge on any atom is 0.0558 e. The molecule has 0 spiro atoms. The number of likely N-dealkylation sites (tertiary alicyclic amines) is 1. The molecule has 1 N–H and O–H groups in total. The molecule has 1 saturated heterocycles. The fraction of sp³-hybridized carbons (Fsp3) is 1.00. The Morgan fingerprint density at radius 1 is 1.10 bits per heavy atom. The second-order valence-electron chi connectivity index (χ2n) is 2.63. The summed E-state index contributed by atoms with van der Waals surface area (Å²) >= 11 is 0. The van der Waals surface area contributed by atoms with Crippen molar-refractivity contribution in [2.24, 2.45) is 0 Å². The van der Waals surface area contributed by atoms with E-state index in [1.165, 1.54) is 32.4 Å². The third-order valence-electron chi connectivity index (χ3n) is 1.86. The Morgan fingerprint density at radius 2 is 1.70 bits per heavy atom. The molecule has 0 bridgehead atoms. The van der Waals surface area contributed by atoms with Crippen LogP contribution in [0.3, 0.4) is 0 Å². The molecule has 2 nitrogen and oxygen atoms in total. The highest BCUT2D eigenvalue weighted by atomic mass is 16.3. The summed E-state index contributed by atoms with van der Waals surface area (Å²) in [7, 11) is 0. The molecule has 1 heterocycles. The van der Waals surface area contributed by atoms with Crippen molar-refractivity contribution in [1.29, 1.82) is 0 Å². The van der Waals surface area contributed by atoms with Gasteiger partial charge in [0.2, 0.25) is 0 Å². The van der Waals surface area contributed by atoms with Gasteiger partial charge in [-0.25, -0.2) is 0 Å². The van der Waals surface area contributed by atoms with E-state index in [0.717, 1.165) is 6.54 Å². The molecular formula is C8H19NO. The van der Waals surface area contributed by atoms with E-state index in [1.807, 2.05) is 0 Å². The van der Waals surface area contributed by atoms with Crippen LogP contribution in [0, 0.1) is 0 Å². The summed E-state index contributed by atoms with van der Waals surface area (Å²) in [6.45, 7) is 3.58. The molecule has 0 aromatic rings. The number of piperidine rings is 1. The second-order valence-corrected chi connectivity index (χ2v) is 2.63. The fourth-order valence-electron chi connectivity index (χ4n) is 1.32. The van der Waals surface area contributed by atoms with E-state index in [0.29, 0.717) is 6.61 Å². The average Bonchev–Trinajstić information content (AvgIpc) is 1.91. The van der Waals surface area contributed by atoms with Crippen LogP contribution in [0.15, 0.2) is 0 Å². The highest BCUT2D eigenvalue weighted by Gasteiger charge is 2.07.